The summed E-state index contributed by atoms with van der Waals surface area (Å²) in [6, 6.07) is 4.36. The zero-order valence-electron chi connectivity index (χ0n) is 13.0. The Morgan fingerprint density at radius 3 is 2.52 bits per heavy atom. The Labute approximate surface area is 141 Å². The van der Waals surface area contributed by atoms with Gasteiger partial charge in [0.2, 0.25) is 0 Å². The van der Waals surface area contributed by atoms with E-state index in [0.29, 0.717) is 24.6 Å². The molecule has 1 aromatic heterocycles. The summed E-state index contributed by atoms with van der Waals surface area (Å²) in [4.78, 5) is 29.8. The van der Waals surface area contributed by atoms with Crippen LogP contribution in [0.4, 0.5) is 13.2 Å². The highest BCUT2D eigenvalue weighted by Gasteiger charge is 2.29. The molecule has 1 aromatic carbocycles. The van der Waals surface area contributed by atoms with E-state index in [2.05, 4.69) is 10.3 Å². The van der Waals surface area contributed by atoms with Crippen molar-refractivity contribution in [2.24, 2.45) is 0 Å². The number of rotatable bonds is 3. The standard InChI is InChI=1S/C17H14F3N3O2/c18-13-2-1-12(14(19)15(13)20)16(24)22-11-5-8-23(9-11)17(25)10-3-6-21-7-4-10/h1-4,6-7,11H,5,8-9H2,(H,22,24)/t11-/m1/s1. The van der Waals surface area contributed by atoms with Gasteiger partial charge in [0, 0.05) is 37.1 Å². The molecule has 3 rings (SSSR count). The molecule has 0 radical (unpaired) electrons. The highest BCUT2D eigenvalue weighted by atomic mass is 19.2. The summed E-state index contributed by atoms with van der Waals surface area (Å²) < 4.78 is 39.8. The van der Waals surface area contributed by atoms with Gasteiger partial charge in [0.15, 0.2) is 17.5 Å². The molecule has 25 heavy (non-hydrogen) atoms. The van der Waals surface area contributed by atoms with Crippen LogP contribution in [0.3, 0.4) is 0 Å². The smallest absolute Gasteiger partial charge is 0.254 e. The van der Waals surface area contributed by atoms with Crippen LogP contribution < -0.4 is 5.32 Å². The molecule has 2 heterocycles. The van der Waals surface area contributed by atoms with Crippen molar-refractivity contribution in [3.63, 3.8) is 0 Å². The van der Waals surface area contributed by atoms with Gasteiger partial charge in [-0.25, -0.2) is 13.2 Å². The van der Waals surface area contributed by atoms with Gasteiger partial charge in [-0.05, 0) is 30.7 Å². The molecule has 0 unspecified atom stereocenters. The quantitative estimate of drug-likeness (QED) is 0.864. The molecular formula is C17H14F3N3O2. The van der Waals surface area contributed by atoms with Gasteiger partial charge in [-0.2, -0.15) is 0 Å². The van der Waals surface area contributed by atoms with Crippen molar-refractivity contribution in [1.29, 1.82) is 0 Å². The maximum atomic E-state index is 13.7. The van der Waals surface area contributed by atoms with E-state index in [1.54, 1.807) is 17.0 Å². The molecule has 130 valence electrons. The number of amides is 2. The van der Waals surface area contributed by atoms with Gasteiger partial charge in [-0.3, -0.25) is 14.6 Å². The predicted octanol–water partition coefficient (Wildman–Crippen LogP) is 2.14. The van der Waals surface area contributed by atoms with E-state index in [0.717, 1.165) is 6.07 Å². The molecule has 5 nitrogen and oxygen atoms in total. The number of likely N-dealkylation sites (tertiary alicyclic amines) is 1. The third kappa shape index (κ3) is 3.47. The number of hydrogen-bond acceptors (Lipinski definition) is 3. The van der Waals surface area contributed by atoms with Crippen LogP contribution in [0.15, 0.2) is 36.7 Å². The fraction of sp³-hybridized carbons (Fsp3) is 0.235. The van der Waals surface area contributed by atoms with Gasteiger partial charge in [-0.1, -0.05) is 0 Å². The summed E-state index contributed by atoms with van der Waals surface area (Å²) in [6.45, 7) is 0.671. The molecule has 1 aliphatic heterocycles. The lowest BCUT2D eigenvalue weighted by Gasteiger charge is -2.17. The largest absolute Gasteiger partial charge is 0.347 e. The van der Waals surface area contributed by atoms with Crippen LogP contribution in [-0.4, -0.2) is 40.8 Å². The number of halogens is 3. The van der Waals surface area contributed by atoms with Crippen LogP contribution in [0.2, 0.25) is 0 Å². The number of hydrogen-bond donors (Lipinski definition) is 1. The number of aromatic nitrogens is 1. The SMILES string of the molecule is O=C(N[C@@H]1CCN(C(=O)c2ccncc2)C1)c1ccc(F)c(F)c1F. The first kappa shape index (κ1) is 16.9. The molecular weight excluding hydrogens is 335 g/mol. The van der Waals surface area contributed by atoms with E-state index in [4.69, 9.17) is 0 Å². The molecule has 0 aliphatic carbocycles. The number of benzene rings is 1. The first-order valence-electron chi connectivity index (χ1n) is 7.61. The molecule has 0 spiro atoms. The summed E-state index contributed by atoms with van der Waals surface area (Å²) in [5, 5.41) is 2.54. The van der Waals surface area contributed by atoms with E-state index in [-0.39, 0.29) is 12.5 Å². The molecule has 1 aliphatic rings. The number of nitrogens with zero attached hydrogens (tertiary/aromatic N) is 2. The van der Waals surface area contributed by atoms with Crippen LogP contribution in [0.1, 0.15) is 27.1 Å². The third-order valence-corrected chi connectivity index (χ3v) is 4.02. The van der Waals surface area contributed by atoms with Gasteiger partial charge >= 0.3 is 0 Å². The van der Waals surface area contributed by atoms with Crippen molar-refractivity contribution in [1.82, 2.24) is 15.2 Å². The Kier molecular flexibility index (Phi) is 4.69. The van der Waals surface area contributed by atoms with Crippen molar-refractivity contribution < 1.29 is 22.8 Å². The lowest BCUT2D eigenvalue weighted by atomic mass is 10.1. The monoisotopic (exact) mass is 349 g/mol. The minimum Gasteiger partial charge on any atom is -0.347 e. The fourth-order valence-corrected chi connectivity index (χ4v) is 2.70. The number of carbonyl (C=O) groups is 2. The second kappa shape index (κ2) is 6.92. The molecule has 1 atom stereocenters. The molecule has 8 heteroatoms. The second-order valence-electron chi connectivity index (χ2n) is 5.67. The molecule has 0 bridgehead atoms. The highest BCUT2D eigenvalue weighted by Crippen LogP contribution is 2.17. The topological polar surface area (TPSA) is 62.3 Å². The molecule has 0 saturated carbocycles. The van der Waals surface area contributed by atoms with Crippen molar-refractivity contribution in [2.75, 3.05) is 13.1 Å². The van der Waals surface area contributed by atoms with E-state index in [1.165, 1.54) is 12.4 Å². The molecule has 2 amide bonds. The van der Waals surface area contributed by atoms with Crippen LogP contribution in [0.5, 0.6) is 0 Å². The van der Waals surface area contributed by atoms with Crippen molar-refractivity contribution >= 4 is 11.8 Å². The fourth-order valence-electron chi connectivity index (χ4n) is 2.70. The summed E-state index contributed by atoms with van der Waals surface area (Å²) >= 11 is 0. The molecule has 2 aromatic rings. The van der Waals surface area contributed by atoms with Crippen LogP contribution >= 0.6 is 0 Å². The lowest BCUT2D eigenvalue weighted by Crippen LogP contribution is -2.38. The van der Waals surface area contributed by atoms with E-state index in [9.17, 15) is 22.8 Å². The van der Waals surface area contributed by atoms with E-state index >= 15 is 0 Å². The summed E-state index contributed by atoms with van der Waals surface area (Å²) in [6.07, 6.45) is 3.50. The Morgan fingerprint density at radius 1 is 1.08 bits per heavy atom. The molecule has 1 N–H and O–H groups in total. The van der Waals surface area contributed by atoms with Crippen molar-refractivity contribution in [3.05, 3.63) is 65.2 Å². The first-order chi connectivity index (χ1) is 12.0. The van der Waals surface area contributed by atoms with Crippen molar-refractivity contribution in [2.45, 2.75) is 12.5 Å². The number of pyridine rings is 1. The first-order valence-corrected chi connectivity index (χ1v) is 7.61. The van der Waals surface area contributed by atoms with Crippen LogP contribution in [0, 0.1) is 17.5 Å². The van der Waals surface area contributed by atoms with Gasteiger partial charge < -0.3 is 10.2 Å². The molecule has 1 saturated heterocycles. The average Bonchev–Trinajstić information content (AvgIpc) is 3.08. The molecule has 1 fully saturated rings. The van der Waals surface area contributed by atoms with Crippen molar-refractivity contribution in [3.8, 4) is 0 Å². The van der Waals surface area contributed by atoms with Crippen LogP contribution in [0.25, 0.3) is 0 Å². The zero-order valence-corrected chi connectivity index (χ0v) is 13.0. The maximum Gasteiger partial charge on any atom is 0.254 e. The average molecular weight is 349 g/mol. The Balaban J connectivity index is 1.64. The van der Waals surface area contributed by atoms with E-state index < -0.39 is 35.0 Å². The van der Waals surface area contributed by atoms with Gasteiger partial charge in [0.25, 0.3) is 11.8 Å². The third-order valence-electron chi connectivity index (χ3n) is 4.02. The zero-order chi connectivity index (χ0) is 18.0. The Bertz CT molecular complexity index is 814. The normalized spacial score (nSPS) is 16.8. The van der Waals surface area contributed by atoms with Crippen LogP contribution in [-0.2, 0) is 0 Å². The van der Waals surface area contributed by atoms with Gasteiger partial charge in [0.05, 0.1) is 5.56 Å². The Hall–Kier alpha value is -2.90. The highest BCUT2D eigenvalue weighted by molar-refractivity contribution is 5.95. The number of nitrogens with one attached hydrogen (secondary N) is 1. The predicted molar refractivity (Wildman–Crippen MR) is 82.3 cm³/mol. The summed E-state index contributed by atoms with van der Waals surface area (Å²) in [7, 11) is 0. The number of carbonyl (C=O) groups excluding carboxylic acids is 2. The summed E-state index contributed by atoms with van der Waals surface area (Å²) in [5.41, 5.74) is -0.0913. The minimum atomic E-state index is -1.69. The summed E-state index contributed by atoms with van der Waals surface area (Å²) in [5.74, 6) is -5.62. The lowest BCUT2D eigenvalue weighted by molar-refractivity contribution is 0.0782. The minimum absolute atomic E-state index is 0.196. The van der Waals surface area contributed by atoms with E-state index in [1.807, 2.05) is 0 Å². The second-order valence-corrected chi connectivity index (χ2v) is 5.67. The maximum absolute atomic E-state index is 13.7. The van der Waals surface area contributed by atoms with Gasteiger partial charge in [0.1, 0.15) is 0 Å². The van der Waals surface area contributed by atoms with Gasteiger partial charge in [-0.15, -0.1) is 0 Å². The Morgan fingerprint density at radius 2 is 1.80 bits per heavy atom.